The Morgan fingerprint density at radius 2 is 2.12 bits per heavy atom. The molecule has 1 aromatic carbocycles. The zero-order chi connectivity index (χ0) is 16.7. The second kappa shape index (κ2) is 7.02. The van der Waals surface area contributed by atoms with Crippen LogP contribution in [0.3, 0.4) is 0 Å². The Balaban J connectivity index is 0.00000182. The molecule has 25 heavy (non-hydrogen) atoms. The van der Waals surface area contributed by atoms with Gasteiger partial charge in [-0.15, -0.1) is 23.7 Å². The Kier molecular flexibility index (Phi) is 5.14. The zero-order valence-corrected chi connectivity index (χ0v) is 15.5. The highest BCUT2D eigenvalue weighted by molar-refractivity contribution is 7.09. The molecule has 2 N–H and O–H groups in total. The van der Waals surface area contributed by atoms with E-state index in [0.717, 1.165) is 41.9 Å². The Bertz CT molecular complexity index is 788. The molecular weight excluding hydrogens is 361 g/mol. The molecule has 1 fully saturated rings. The van der Waals surface area contributed by atoms with E-state index < -0.39 is 0 Å². The second-order valence-corrected chi connectivity index (χ2v) is 7.62. The van der Waals surface area contributed by atoms with Gasteiger partial charge in [0.2, 0.25) is 0 Å². The Hall–Kier alpha value is -1.50. The number of carbonyl (C=O) groups excluding carboxylic acids is 1. The molecule has 134 valence electrons. The summed E-state index contributed by atoms with van der Waals surface area (Å²) in [7, 11) is 0. The minimum atomic E-state index is -0.216. The average molecular weight is 382 g/mol. The summed E-state index contributed by atoms with van der Waals surface area (Å²) >= 11 is 1.46. The van der Waals surface area contributed by atoms with Crippen molar-refractivity contribution in [3.63, 3.8) is 0 Å². The third-order valence-electron chi connectivity index (χ3n) is 5.21. The van der Waals surface area contributed by atoms with Crippen molar-refractivity contribution in [3.8, 4) is 0 Å². The molecule has 1 saturated carbocycles. The molecule has 0 bridgehead atoms. The summed E-state index contributed by atoms with van der Waals surface area (Å²) in [5.41, 5.74) is 7.23. The van der Waals surface area contributed by atoms with Gasteiger partial charge in [0.15, 0.2) is 0 Å². The number of fused-ring (bicyclic) bond motifs is 2. The third-order valence-corrected chi connectivity index (χ3v) is 6.12. The van der Waals surface area contributed by atoms with Gasteiger partial charge in [0.1, 0.15) is 11.5 Å². The van der Waals surface area contributed by atoms with Crippen molar-refractivity contribution in [1.82, 2.24) is 4.98 Å². The van der Waals surface area contributed by atoms with Crippen LogP contribution in [0.5, 0.6) is 0 Å². The summed E-state index contributed by atoms with van der Waals surface area (Å²) in [6.07, 6.45) is 4.74. The van der Waals surface area contributed by atoms with Gasteiger partial charge < -0.3 is 10.6 Å². The van der Waals surface area contributed by atoms with Gasteiger partial charge in [-0.1, -0.05) is 18.9 Å². The summed E-state index contributed by atoms with van der Waals surface area (Å²) in [4.78, 5) is 19.1. The summed E-state index contributed by atoms with van der Waals surface area (Å²) in [6.45, 7) is 1.08. The van der Waals surface area contributed by atoms with Crippen LogP contribution in [0.25, 0.3) is 0 Å². The number of amides is 1. The molecule has 1 aliphatic heterocycles. The smallest absolute Gasteiger partial charge is 0.277 e. The molecule has 4 rings (SSSR count). The van der Waals surface area contributed by atoms with Gasteiger partial charge in [-0.25, -0.2) is 9.37 Å². The number of thiazole rings is 1. The monoisotopic (exact) mass is 381 g/mol. The highest BCUT2D eigenvalue weighted by Crippen LogP contribution is 2.51. The number of hydrogen-bond donors (Lipinski definition) is 1. The third kappa shape index (κ3) is 2.96. The lowest BCUT2D eigenvalue weighted by Gasteiger charge is -2.24. The van der Waals surface area contributed by atoms with E-state index in [9.17, 15) is 9.18 Å². The number of aromatic nitrogens is 1. The number of carbonyl (C=O) groups is 1. The number of nitrogens with two attached hydrogens (primary N) is 1. The van der Waals surface area contributed by atoms with Gasteiger partial charge in [0, 0.05) is 29.3 Å². The first-order valence-corrected chi connectivity index (χ1v) is 9.28. The topological polar surface area (TPSA) is 59.2 Å². The van der Waals surface area contributed by atoms with Gasteiger partial charge >= 0.3 is 0 Å². The van der Waals surface area contributed by atoms with Crippen molar-refractivity contribution >= 4 is 35.3 Å². The summed E-state index contributed by atoms with van der Waals surface area (Å²) in [6, 6.07) is 5.05. The van der Waals surface area contributed by atoms with Crippen LogP contribution in [0.1, 0.15) is 46.7 Å². The van der Waals surface area contributed by atoms with E-state index in [4.69, 9.17) is 5.73 Å². The number of nitrogens with zero attached hydrogens (tertiary/aromatic N) is 2. The van der Waals surface area contributed by atoms with Gasteiger partial charge in [-0.2, -0.15) is 0 Å². The van der Waals surface area contributed by atoms with Crippen LogP contribution in [0.15, 0.2) is 23.6 Å². The van der Waals surface area contributed by atoms with Crippen LogP contribution in [0.4, 0.5) is 10.1 Å². The average Bonchev–Trinajstić information content (AvgIpc) is 3.29. The predicted octanol–water partition coefficient (Wildman–Crippen LogP) is 3.68. The van der Waals surface area contributed by atoms with Crippen LogP contribution in [-0.2, 0) is 11.8 Å². The van der Waals surface area contributed by atoms with Crippen LogP contribution in [-0.4, -0.2) is 24.0 Å². The molecule has 1 aliphatic carbocycles. The molecule has 7 heteroatoms. The van der Waals surface area contributed by atoms with E-state index in [1.54, 1.807) is 16.3 Å². The fourth-order valence-corrected chi connectivity index (χ4v) is 4.94. The zero-order valence-electron chi connectivity index (χ0n) is 13.8. The lowest BCUT2D eigenvalue weighted by Crippen LogP contribution is -2.35. The van der Waals surface area contributed by atoms with E-state index in [1.807, 2.05) is 6.07 Å². The number of rotatable bonds is 3. The maximum absolute atomic E-state index is 14.6. The standard InChI is InChI=1S/C18H20FN3OS.ClH/c19-12-4-3-5-14-16(12)18(7-1-2-8-18)11-22(14)17(23)13-10-24-15(21-13)6-9-20;/h3-5,10H,1-2,6-9,11,20H2;1H. The second-order valence-electron chi connectivity index (χ2n) is 6.68. The molecule has 4 nitrogen and oxygen atoms in total. The molecule has 0 unspecified atom stereocenters. The maximum atomic E-state index is 14.6. The van der Waals surface area contributed by atoms with E-state index in [-0.39, 0.29) is 29.5 Å². The number of hydrogen-bond acceptors (Lipinski definition) is 4. The molecule has 0 atom stereocenters. The number of anilines is 1. The van der Waals surface area contributed by atoms with Crippen LogP contribution < -0.4 is 10.6 Å². The van der Waals surface area contributed by atoms with Crippen molar-refractivity contribution in [2.24, 2.45) is 5.73 Å². The molecule has 1 spiro atoms. The van der Waals surface area contributed by atoms with E-state index in [2.05, 4.69) is 4.98 Å². The summed E-state index contributed by atoms with van der Waals surface area (Å²) < 4.78 is 14.6. The Labute approximate surface area is 156 Å². The van der Waals surface area contributed by atoms with Gasteiger partial charge in [0.05, 0.1) is 10.7 Å². The molecule has 0 saturated heterocycles. The van der Waals surface area contributed by atoms with Crippen molar-refractivity contribution in [3.05, 3.63) is 45.7 Å². The van der Waals surface area contributed by atoms with E-state index in [0.29, 0.717) is 25.2 Å². The van der Waals surface area contributed by atoms with Crippen molar-refractivity contribution < 1.29 is 9.18 Å². The molecule has 2 aliphatic rings. The van der Waals surface area contributed by atoms with Crippen molar-refractivity contribution in [2.45, 2.75) is 37.5 Å². The van der Waals surface area contributed by atoms with Crippen LogP contribution >= 0.6 is 23.7 Å². The molecule has 2 heterocycles. The summed E-state index contributed by atoms with van der Waals surface area (Å²) in [5, 5.41) is 2.65. The van der Waals surface area contributed by atoms with E-state index >= 15 is 0 Å². The fraction of sp³-hybridized carbons (Fsp3) is 0.444. The number of benzene rings is 1. The SMILES string of the molecule is Cl.NCCc1nc(C(=O)N2CC3(CCCC3)c3c(F)cccc32)cs1. The lowest BCUT2D eigenvalue weighted by atomic mass is 9.80. The quantitative estimate of drug-likeness (QED) is 0.882. The maximum Gasteiger partial charge on any atom is 0.277 e. The highest BCUT2D eigenvalue weighted by atomic mass is 35.5. The first kappa shape index (κ1) is 18.3. The summed E-state index contributed by atoms with van der Waals surface area (Å²) in [5.74, 6) is -0.322. The van der Waals surface area contributed by atoms with Crippen molar-refractivity contribution in [1.29, 1.82) is 0 Å². The van der Waals surface area contributed by atoms with Crippen LogP contribution in [0, 0.1) is 5.82 Å². The highest BCUT2D eigenvalue weighted by Gasteiger charge is 2.48. The Morgan fingerprint density at radius 3 is 2.84 bits per heavy atom. The van der Waals surface area contributed by atoms with Gasteiger partial charge in [0.25, 0.3) is 5.91 Å². The molecular formula is C18H21ClFN3OS. The van der Waals surface area contributed by atoms with Crippen LogP contribution in [0.2, 0.25) is 0 Å². The molecule has 0 radical (unpaired) electrons. The van der Waals surface area contributed by atoms with Gasteiger partial charge in [-0.3, -0.25) is 4.79 Å². The first-order chi connectivity index (χ1) is 11.6. The van der Waals surface area contributed by atoms with E-state index in [1.165, 1.54) is 17.4 Å². The molecule has 1 amide bonds. The minimum absolute atomic E-state index is 0. The first-order valence-electron chi connectivity index (χ1n) is 8.40. The number of halogens is 2. The fourth-order valence-electron chi connectivity index (χ4n) is 4.16. The normalized spacial score (nSPS) is 17.6. The minimum Gasteiger partial charge on any atom is -0.330 e. The predicted molar refractivity (Wildman–Crippen MR) is 100 cm³/mol. The molecule has 1 aromatic heterocycles. The van der Waals surface area contributed by atoms with Crippen molar-refractivity contribution in [2.75, 3.05) is 18.0 Å². The van der Waals surface area contributed by atoms with Gasteiger partial charge in [-0.05, 0) is 31.5 Å². The molecule has 2 aromatic rings. The largest absolute Gasteiger partial charge is 0.330 e. The Morgan fingerprint density at radius 1 is 1.36 bits per heavy atom. The lowest BCUT2D eigenvalue weighted by molar-refractivity contribution is 0.0980.